The molecule has 1 fully saturated rings. The first kappa shape index (κ1) is 12.5. The van der Waals surface area contributed by atoms with Gasteiger partial charge in [-0.3, -0.25) is 4.79 Å². The Labute approximate surface area is 93.2 Å². The van der Waals surface area contributed by atoms with Crippen LogP contribution in [-0.2, 0) is 4.79 Å². The maximum atomic E-state index is 11.9. The third-order valence-electron chi connectivity index (χ3n) is 3.20. The minimum atomic E-state index is 0.301. The first-order valence-corrected chi connectivity index (χ1v) is 5.97. The van der Waals surface area contributed by atoms with Crippen molar-refractivity contribution in [1.29, 1.82) is 0 Å². The Kier molecular flexibility index (Phi) is 4.58. The van der Waals surface area contributed by atoms with Gasteiger partial charge in [-0.1, -0.05) is 13.8 Å². The summed E-state index contributed by atoms with van der Waals surface area (Å²) in [5.41, 5.74) is 0. The van der Waals surface area contributed by atoms with E-state index in [0.717, 1.165) is 19.5 Å². The maximum absolute atomic E-state index is 11.9. The van der Waals surface area contributed by atoms with E-state index in [1.165, 1.54) is 0 Å². The van der Waals surface area contributed by atoms with E-state index in [-0.39, 0.29) is 0 Å². The SMILES string of the molecule is CC(C)CC(C)N(C)C(=O)CC1CNC1. The number of carbonyl (C=O) groups is 1. The average molecular weight is 212 g/mol. The molecule has 1 heterocycles. The molecule has 1 rings (SSSR count). The molecule has 1 saturated heterocycles. The van der Waals surface area contributed by atoms with Gasteiger partial charge in [0.2, 0.25) is 5.91 Å². The molecule has 0 radical (unpaired) electrons. The molecule has 1 aliphatic heterocycles. The fourth-order valence-corrected chi connectivity index (χ4v) is 1.97. The van der Waals surface area contributed by atoms with Crippen LogP contribution in [0.25, 0.3) is 0 Å². The Balaban J connectivity index is 2.30. The first-order chi connectivity index (χ1) is 7.00. The largest absolute Gasteiger partial charge is 0.343 e. The highest BCUT2D eigenvalue weighted by atomic mass is 16.2. The number of nitrogens with zero attached hydrogens (tertiary/aromatic N) is 1. The van der Waals surface area contributed by atoms with E-state index < -0.39 is 0 Å². The summed E-state index contributed by atoms with van der Waals surface area (Å²) < 4.78 is 0. The molecule has 3 nitrogen and oxygen atoms in total. The van der Waals surface area contributed by atoms with Gasteiger partial charge >= 0.3 is 0 Å². The Morgan fingerprint density at radius 2 is 2.00 bits per heavy atom. The number of nitrogens with one attached hydrogen (secondary N) is 1. The summed E-state index contributed by atoms with van der Waals surface area (Å²) in [6.07, 6.45) is 1.80. The molecule has 3 heteroatoms. The quantitative estimate of drug-likeness (QED) is 0.749. The highest BCUT2D eigenvalue weighted by molar-refractivity contribution is 5.76. The second kappa shape index (κ2) is 5.50. The normalized spacial score (nSPS) is 18.7. The van der Waals surface area contributed by atoms with Gasteiger partial charge < -0.3 is 10.2 Å². The van der Waals surface area contributed by atoms with Crippen LogP contribution in [0.15, 0.2) is 0 Å². The minimum Gasteiger partial charge on any atom is -0.343 e. The fraction of sp³-hybridized carbons (Fsp3) is 0.917. The molecule has 1 amide bonds. The van der Waals surface area contributed by atoms with Gasteiger partial charge in [-0.05, 0) is 38.3 Å². The van der Waals surface area contributed by atoms with Crippen molar-refractivity contribution in [3.05, 3.63) is 0 Å². The minimum absolute atomic E-state index is 0.301. The predicted octanol–water partition coefficient (Wildman–Crippen LogP) is 1.49. The molecule has 15 heavy (non-hydrogen) atoms. The van der Waals surface area contributed by atoms with Crippen molar-refractivity contribution >= 4 is 5.91 Å². The van der Waals surface area contributed by atoms with Gasteiger partial charge in [-0.15, -0.1) is 0 Å². The van der Waals surface area contributed by atoms with E-state index in [1.54, 1.807) is 0 Å². The van der Waals surface area contributed by atoms with E-state index >= 15 is 0 Å². The summed E-state index contributed by atoms with van der Waals surface area (Å²) in [4.78, 5) is 13.8. The van der Waals surface area contributed by atoms with Gasteiger partial charge in [0.05, 0.1) is 0 Å². The number of hydrogen-bond donors (Lipinski definition) is 1. The number of hydrogen-bond acceptors (Lipinski definition) is 2. The van der Waals surface area contributed by atoms with E-state index in [9.17, 15) is 4.79 Å². The van der Waals surface area contributed by atoms with Crippen LogP contribution in [0.1, 0.15) is 33.6 Å². The molecule has 0 aromatic carbocycles. The molecule has 0 bridgehead atoms. The lowest BCUT2D eigenvalue weighted by Crippen LogP contribution is -2.46. The van der Waals surface area contributed by atoms with Crippen molar-refractivity contribution in [2.24, 2.45) is 11.8 Å². The van der Waals surface area contributed by atoms with Crippen LogP contribution in [0, 0.1) is 11.8 Å². The fourth-order valence-electron chi connectivity index (χ4n) is 1.97. The van der Waals surface area contributed by atoms with Crippen LogP contribution in [-0.4, -0.2) is 37.0 Å². The lowest BCUT2D eigenvalue weighted by atomic mass is 9.97. The van der Waals surface area contributed by atoms with Gasteiger partial charge in [0.15, 0.2) is 0 Å². The van der Waals surface area contributed by atoms with Crippen LogP contribution in [0.5, 0.6) is 0 Å². The summed E-state index contributed by atoms with van der Waals surface area (Å²) in [6, 6.07) is 0.366. The monoisotopic (exact) mass is 212 g/mol. The summed E-state index contributed by atoms with van der Waals surface area (Å²) in [6.45, 7) is 8.56. The molecule has 1 unspecified atom stereocenters. The highest BCUT2D eigenvalue weighted by Gasteiger charge is 2.24. The van der Waals surface area contributed by atoms with Crippen molar-refractivity contribution in [3.63, 3.8) is 0 Å². The van der Waals surface area contributed by atoms with E-state index in [1.807, 2.05) is 11.9 Å². The van der Waals surface area contributed by atoms with Crippen LogP contribution < -0.4 is 5.32 Å². The van der Waals surface area contributed by atoms with Gasteiger partial charge in [0.25, 0.3) is 0 Å². The third-order valence-corrected chi connectivity index (χ3v) is 3.20. The Morgan fingerprint density at radius 1 is 1.40 bits per heavy atom. The number of amides is 1. The number of carbonyl (C=O) groups excluding carboxylic acids is 1. The molecule has 1 atom stereocenters. The molecule has 1 N–H and O–H groups in total. The molecule has 0 aromatic heterocycles. The van der Waals surface area contributed by atoms with Crippen molar-refractivity contribution in [1.82, 2.24) is 10.2 Å². The van der Waals surface area contributed by atoms with Crippen molar-refractivity contribution in [3.8, 4) is 0 Å². The van der Waals surface area contributed by atoms with Crippen molar-refractivity contribution in [2.45, 2.75) is 39.7 Å². The Hall–Kier alpha value is -0.570. The second-order valence-electron chi connectivity index (χ2n) is 5.21. The molecule has 0 saturated carbocycles. The summed E-state index contributed by atoms with van der Waals surface area (Å²) in [7, 11) is 1.93. The molecule has 0 aromatic rings. The van der Waals surface area contributed by atoms with Crippen LogP contribution >= 0.6 is 0 Å². The summed E-state index contributed by atoms with van der Waals surface area (Å²) >= 11 is 0. The molecule has 0 aliphatic carbocycles. The molecular weight excluding hydrogens is 188 g/mol. The summed E-state index contributed by atoms with van der Waals surface area (Å²) in [5, 5.41) is 3.20. The van der Waals surface area contributed by atoms with Crippen LogP contribution in [0.2, 0.25) is 0 Å². The Morgan fingerprint density at radius 3 is 2.40 bits per heavy atom. The highest BCUT2D eigenvalue weighted by Crippen LogP contribution is 2.14. The zero-order chi connectivity index (χ0) is 11.4. The second-order valence-corrected chi connectivity index (χ2v) is 5.21. The molecule has 88 valence electrons. The zero-order valence-electron chi connectivity index (χ0n) is 10.4. The smallest absolute Gasteiger partial charge is 0.222 e. The summed E-state index contributed by atoms with van der Waals surface area (Å²) in [5.74, 6) is 1.53. The number of rotatable bonds is 5. The standard InChI is InChI=1S/C12H24N2O/c1-9(2)5-10(3)14(4)12(15)6-11-7-13-8-11/h9-11,13H,5-8H2,1-4H3. The first-order valence-electron chi connectivity index (χ1n) is 5.97. The average Bonchev–Trinajstić information content (AvgIpc) is 2.08. The Bertz CT molecular complexity index is 212. The van der Waals surface area contributed by atoms with Gasteiger partial charge in [-0.25, -0.2) is 0 Å². The van der Waals surface area contributed by atoms with Gasteiger partial charge in [-0.2, -0.15) is 0 Å². The van der Waals surface area contributed by atoms with Crippen molar-refractivity contribution < 1.29 is 4.79 Å². The lowest BCUT2D eigenvalue weighted by molar-refractivity contribution is -0.133. The molecule has 0 spiro atoms. The van der Waals surface area contributed by atoms with E-state index in [0.29, 0.717) is 30.2 Å². The van der Waals surface area contributed by atoms with Gasteiger partial charge in [0, 0.05) is 19.5 Å². The zero-order valence-corrected chi connectivity index (χ0v) is 10.4. The van der Waals surface area contributed by atoms with Crippen LogP contribution in [0.3, 0.4) is 0 Å². The van der Waals surface area contributed by atoms with E-state index in [2.05, 4.69) is 26.1 Å². The maximum Gasteiger partial charge on any atom is 0.222 e. The van der Waals surface area contributed by atoms with Gasteiger partial charge in [0.1, 0.15) is 0 Å². The van der Waals surface area contributed by atoms with E-state index in [4.69, 9.17) is 0 Å². The molecule has 1 aliphatic rings. The topological polar surface area (TPSA) is 32.3 Å². The predicted molar refractivity (Wildman–Crippen MR) is 62.7 cm³/mol. The third kappa shape index (κ3) is 3.82. The lowest BCUT2D eigenvalue weighted by Gasteiger charge is -2.31. The molecular formula is C12H24N2O. The van der Waals surface area contributed by atoms with Crippen molar-refractivity contribution in [2.75, 3.05) is 20.1 Å². The van der Waals surface area contributed by atoms with Crippen LogP contribution in [0.4, 0.5) is 0 Å².